The zero-order valence-corrected chi connectivity index (χ0v) is 18.4. The van der Waals surface area contributed by atoms with E-state index < -0.39 is 29.1 Å². The third-order valence-electron chi connectivity index (χ3n) is 4.85. The summed E-state index contributed by atoms with van der Waals surface area (Å²) in [4.78, 5) is 30.3. The van der Waals surface area contributed by atoms with Crippen LogP contribution in [0.3, 0.4) is 0 Å². The van der Waals surface area contributed by atoms with Crippen LogP contribution in [0.4, 0.5) is 20.2 Å². The van der Waals surface area contributed by atoms with Crippen molar-refractivity contribution in [2.24, 2.45) is 0 Å². The summed E-state index contributed by atoms with van der Waals surface area (Å²) in [5.41, 5.74) is 0.873. The maximum Gasteiger partial charge on any atom is 0.342 e. The van der Waals surface area contributed by atoms with E-state index in [9.17, 15) is 14.0 Å². The molecule has 4 rings (SSSR count). The van der Waals surface area contributed by atoms with Crippen LogP contribution in [0.5, 0.6) is 0 Å². The highest BCUT2D eigenvalue weighted by molar-refractivity contribution is 14.1. The van der Waals surface area contributed by atoms with E-state index in [2.05, 4.69) is 32.9 Å². The Morgan fingerprint density at radius 1 is 1.23 bits per heavy atom. The molecule has 1 N–H and O–H groups in total. The number of aryl methyl sites for hydroxylation is 1. The molecule has 2 aromatic carbocycles. The minimum Gasteiger partial charge on any atom is -0.440 e. The molecule has 0 spiro atoms. The second kappa shape index (κ2) is 8.58. The van der Waals surface area contributed by atoms with E-state index in [1.54, 1.807) is 30.5 Å². The van der Waals surface area contributed by atoms with Crippen LogP contribution >= 0.6 is 22.6 Å². The quantitative estimate of drug-likeness (QED) is 0.395. The number of aromatic nitrogens is 1. The Bertz CT molecular complexity index is 1190. The van der Waals surface area contributed by atoms with Crippen LogP contribution in [0.1, 0.15) is 32.0 Å². The van der Waals surface area contributed by atoms with E-state index >= 15 is 4.39 Å². The highest BCUT2D eigenvalue weighted by Crippen LogP contribution is 2.38. The number of anilines is 2. The highest BCUT2D eigenvalue weighted by atomic mass is 127. The predicted molar refractivity (Wildman–Crippen MR) is 118 cm³/mol. The molecule has 0 saturated carbocycles. The lowest BCUT2D eigenvalue weighted by Gasteiger charge is -2.32. The largest absolute Gasteiger partial charge is 0.440 e. The fraction of sp³-hybridized carbons (Fsp3) is 0.136. The number of nitrogens with zero attached hydrogens (tertiary/aromatic N) is 2. The average Bonchev–Trinajstić information content (AvgIpc) is 2.76. The van der Waals surface area contributed by atoms with Gasteiger partial charge in [-0.2, -0.15) is 0 Å². The van der Waals surface area contributed by atoms with Crippen molar-refractivity contribution in [2.75, 3.05) is 11.6 Å². The smallest absolute Gasteiger partial charge is 0.342 e. The van der Waals surface area contributed by atoms with Crippen molar-refractivity contribution in [1.29, 1.82) is 0 Å². The zero-order valence-electron chi connectivity index (χ0n) is 16.3. The highest BCUT2D eigenvalue weighted by Gasteiger charge is 2.34. The number of fused-ring (bicyclic) bond motifs is 1. The number of benzene rings is 2. The predicted octanol–water partition coefficient (Wildman–Crippen LogP) is 4.47. The summed E-state index contributed by atoms with van der Waals surface area (Å²) in [5.74, 6) is -4.30. The minimum atomic E-state index is -1.33. The molecule has 1 aromatic heterocycles. The van der Waals surface area contributed by atoms with Crippen molar-refractivity contribution in [1.82, 2.24) is 10.3 Å². The molecule has 3 aromatic rings. The van der Waals surface area contributed by atoms with Crippen molar-refractivity contribution in [2.45, 2.75) is 13.5 Å². The second-order valence-corrected chi connectivity index (χ2v) is 8.12. The molecule has 6 nitrogen and oxygen atoms in total. The van der Waals surface area contributed by atoms with Gasteiger partial charge in [-0.15, -0.1) is 0 Å². The summed E-state index contributed by atoms with van der Waals surface area (Å²) in [5, 5.41) is 2.49. The molecule has 9 heteroatoms. The monoisotopic (exact) mass is 535 g/mol. The first kappa shape index (κ1) is 21.2. The Labute approximate surface area is 190 Å². The molecule has 2 heterocycles. The molecule has 158 valence electrons. The molecular formula is C22H16F2IN3O3. The molecular weight excluding hydrogens is 519 g/mol. The lowest BCUT2D eigenvalue weighted by Crippen LogP contribution is -2.33. The third kappa shape index (κ3) is 4.09. The number of hydrogen-bond donors (Lipinski definition) is 1. The molecule has 0 unspecified atom stereocenters. The van der Waals surface area contributed by atoms with Crippen LogP contribution in [0.15, 0.2) is 48.7 Å². The average molecular weight is 535 g/mol. The molecule has 1 aliphatic rings. The number of nitrogens with one attached hydrogen (secondary N) is 1. The number of rotatable bonds is 4. The second-order valence-electron chi connectivity index (χ2n) is 6.87. The number of cyclic esters (lactones) is 1. The van der Waals surface area contributed by atoms with Crippen molar-refractivity contribution in [3.05, 3.63) is 86.3 Å². The van der Waals surface area contributed by atoms with Gasteiger partial charge in [-0.3, -0.25) is 9.78 Å². The number of hydrogen-bond acceptors (Lipinski definition) is 5. The maximum absolute atomic E-state index is 15.2. The van der Waals surface area contributed by atoms with Gasteiger partial charge in [0, 0.05) is 15.5 Å². The van der Waals surface area contributed by atoms with Gasteiger partial charge in [-0.1, -0.05) is 6.07 Å². The van der Waals surface area contributed by atoms with Crippen molar-refractivity contribution in [3.8, 4) is 0 Å². The van der Waals surface area contributed by atoms with Crippen LogP contribution in [-0.4, -0.2) is 23.6 Å². The van der Waals surface area contributed by atoms with Crippen LogP contribution in [0.2, 0.25) is 0 Å². The summed E-state index contributed by atoms with van der Waals surface area (Å²) in [7, 11) is 0. The summed E-state index contributed by atoms with van der Waals surface area (Å²) in [6.45, 7) is 1.58. The fourth-order valence-electron chi connectivity index (χ4n) is 3.35. The maximum atomic E-state index is 15.2. The molecule has 0 aliphatic carbocycles. The third-order valence-corrected chi connectivity index (χ3v) is 5.52. The Balaban J connectivity index is 1.72. The van der Waals surface area contributed by atoms with Crippen LogP contribution in [-0.2, 0) is 11.3 Å². The fourth-order valence-corrected chi connectivity index (χ4v) is 3.99. The van der Waals surface area contributed by atoms with E-state index in [1.165, 1.54) is 4.90 Å². The molecule has 0 fully saturated rings. The molecule has 31 heavy (non-hydrogen) atoms. The first-order chi connectivity index (χ1) is 14.9. The first-order valence-electron chi connectivity index (χ1n) is 9.27. The van der Waals surface area contributed by atoms with Crippen LogP contribution < -0.4 is 10.2 Å². The van der Waals surface area contributed by atoms with Crippen molar-refractivity contribution >= 4 is 45.8 Å². The van der Waals surface area contributed by atoms with Gasteiger partial charge in [0.05, 0.1) is 29.1 Å². The standard InChI is InChI=1S/C22H16F2IN3O3/c1-12-8-13(25)5-6-17(12)28-11-31-22(30)16-9-15(18(23)19(24)20(16)28)21(29)27-10-14-4-2-3-7-26-14/h2-9H,10-11H2,1H3,(H,27,29). The SMILES string of the molecule is Cc1cc(I)ccc1N1COC(=O)c2cc(C(=O)NCc3ccccn3)c(F)c(F)c21. The van der Waals surface area contributed by atoms with Gasteiger partial charge < -0.3 is 15.0 Å². The first-order valence-corrected chi connectivity index (χ1v) is 10.4. The number of esters is 1. The number of pyridine rings is 1. The van der Waals surface area contributed by atoms with Gasteiger partial charge in [0.1, 0.15) is 0 Å². The van der Waals surface area contributed by atoms with E-state index in [0.29, 0.717) is 11.4 Å². The molecule has 1 amide bonds. The lowest BCUT2D eigenvalue weighted by molar-refractivity contribution is 0.0491. The van der Waals surface area contributed by atoms with Crippen LogP contribution in [0.25, 0.3) is 0 Å². The number of carbonyl (C=O) groups excluding carboxylic acids is 2. The summed E-state index contributed by atoms with van der Waals surface area (Å²) < 4.78 is 36.2. The van der Waals surface area contributed by atoms with Crippen molar-refractivity contribution in [3.63, 3.8) is 0 Å². The number of halogens is 3. The Kier molecular flexibility index (Phi) is 5.86. The summed E-state index contributed by atoms with van der Waals surface area (Å²) in [6, 6.07) is 11.6. The zero-order chi connectivity index (χ0) is 22.1. The Morgan fingerprint density at radius 2 is 2.03 bits per heavy atom. The number of amides is 1. The van der Waals surface area contributed by atoms with Gasteiger partial charge in [-0.25, -0.2) is 13.6 Å². The van der Waals surface area contributed by atoms with Gasteiger partial charge in [0.15, 0.2) is 18.4 Å². The molecule has 1 aliphatic heterocycles. The topological polar surface area (TPSA) is 71.5 Å². The van der Waals surface area contributed by atoms with E-state index in [4.69, 9.17) is 4.74 Å². The van der Waals surface area contributed by atoms with E-state index in [-0.39, 0.29) is 24.5 Å². The molecule has 0 atom stereocenters. The van der Waals surface area contributed by atoms with Gasteiger partial charge in [0.25, 0.3) is 5.91 Å². The van der Waals surface area contributed by atoms with Gasteiger partial charge in [-0.05, 0) is 71.5 Å². The number of ether oxygens (including phenoxy) is 1. The normalized spacial score (nSPS) is 12.9. The van der Waals surface area contributed by atoms with Gasteiger partial charge in [0.2, 0.25) is 0 Å². The Morgan fingerprint density at radius 3 is 2.74 bits per heavy atom. The summed E-state index contributed by atoms with van der Waals surface area (Å²) >= 11 is 2.14. The molecule has 0 bridgehead atoms. The Hall–Kier alpha value is -3.08. The lowest BCUT2D eigenvalue weighted by atomic mass is 10.0. The molecule has 0 radical (unpaired) electrons. The van der Waals surface area contributed by atoms with E-state index in [0.717, 1.165) is 15.2 Å². The number of carbonyl (C=O) groups is 2. The summed E-state index contributed by atoms with van der Waals surface area (Å²) in [6.07, 6.45) is 1.55. The molecule has 0 saturated heterocycles. The minimum absolute atomic E-state index is 0.0240. The van der Waals surface area contributed by atoms with Crippen molar-refractivity contribution < 1.29 is 23.1 Å². The van der Waals surface area contributed by atoms with Gasteiger partial charge >= 0.3 is 5.97 Å². The van der Waals surface area contributed by atoms with E-state index in [1.807, 2.05) is 19.1 Å². The van der Waals surface area contributed by atoms with Crippen LogP contribution in [0, 0.1) is 22.1 Å².